The summed E-state index contributed by atoms with van der Waals surface area (Å²) in [6, 6.07) is 8.77. The highest BCUT2D eigenvalue weighted by atomic mass is 32.2. The van der Waals surface area contributed by atoms with Gasteiger partial charge in [-0.05, 0) is 18.1 Å². The molecule has 0 aromatic heterocycles. The Labute approximate surface area is 88.5 Å². The van der Waals surface area contributed by atoms with Crippen molar-refractivity contribution in [3.63, 3.8) is 0 Å². The topological polar surface area (TPSA) is 0 Å². The monoisotopic (exact) mass is 210 g/mol. The average molecular weight is 210 g/mol. The Balaban J connectivity index is 2.18. The van der Waals surface area contributed by atoms with Crippen LogP contribution in [0, 0.1) is 6.92 Å². The Morgan fingerprint density at radius 2 is 2.08 bits per heavy atom. The first-order valence-corrected chi connectivity index (χ1v) is 6.83. The molecule has 1 saturated heterocycles. The molecular weight excluding hydrogens is 196 g/mol. The minimum Gasteiger partial charge on any atom is -0.160 e. The molecule has 0 N–H and O–H groups in total. The van der Waals surface area contributed by atoms with E-state index in [0.29, 0.717) is 0 Å². The highest BCUT2D eigenvalue weighted by Crippen LogP contribution is 2.37. The second-order valence-electron chi connectivity index (χ2n) is 3.29. The molecule has 0 radical (unpaired) electrons. The van der Waals surface area contributed by atoms with E-state index >= 15 is 0 Å². The lowest BCUT2D eigenvalue weighted by atomic mass is 10.1. The van der Waals surface area contributed by atoms with Gasteiger partial charge < -0.3 is 0 Å². The van der Waals surface area contributed by atoms with E-state index in [-0.39, 0.29) is 0 Å². The quantitative estimate of drug-likeness (QED) is 0.695. The number of hydrogen-bond donors (Lipinski definition) is 0. The second kappa shape index (κ2) is 4.43. The summed E-state index contributed by atoms with van der Waals surface area (Å²) in [5.41, 5.74) is 2.99. The first kappa shape index (κ1) is 9.47. The molecule has 0 nitrogen and oxygen atoms in total. The van der Waals surface area contributed by atoms with Crippen LogP contribution in [0.1, 0.15) is 16.4 Å². The Morgan fingerprint density at radius 3 is 2.77 bits per heavy atom. The standard InChI is InChI=1S/C11H14S2/c1-9-4-2-3-5-10(9)11-8-12-6-7-13-11/h2-5,11H,6-8H2,1H3. The van der Waals surface area contributed by atoms with Gasteiger partial charge in [-0.2, -0.15) is 23.5 Å². The maximum atomic E-state index is 2.28. The Kier molecular flexibility index (Phi) is 3.23. The van der Waals surface area contributed by atoms with Gasteiger partial charge in [0.2, 0.25) is 0 Å². The van der Waals surface area contributed by atoms with Gasteiger partial charge >= 0.3 is 0 Å². The molecule has 1 aromatic rings. The molecule has 1 aromatic carbocycles. The van der Waals surface area contributed by atoms with Gasteiger partial charge in [-0.25, -0.2) is 0 Å². The molecular formula is C11H14S2. The SMILES string of the molecule is Cc1ccccc1C1CSCCS1. The van der Waals surface area contributed by atoms with Gasteiger partial charge in [0, 0.05) is 22.5 Å². The number of aryl methyl sites for hydroxylation is 1. The van der Waals surface area contributed by atoms with Crippen molar-refractivity contribution in [2.24, 2.45) is 0 Å². The molecule has 0 saturated carbocycles. The van der Waals surface area contributed by atoms with E-state index in [1.165, 1.54) is 22.8 Å². The van der Waals surface area contributed by atoms with Gasteiger partial charge in [0.25, 0.3) is 0 Å². The zero-order valence-electron chi connectivity index (χ0n) is 7.82. The molecule has 0 bridgehead atoms. The molecule has 1 unspecified atom stereocenters. The van der Waals surface area contributed by atoms with Crippen molar-refractivity contribution in [2.45, 2.75) is 12.2 Å². The van der Waals surface area contributed by atoms with E-state index in [1.54, 1.807) is 5.56 Å². The average Bonchev–Trinajstić information content (AvgIpc) is 2.20. The fourth-order valence-electron chi connectivity index (χ4n) is 1.62. The van der Waals surface area contributed by atoms with Crippen LogP contribution in [-0.2, 0) is 0 Å². The first-order valence-electron chi connectivity index (χ1n) is 4.63. The van der Waals surface area contributed by atoms with Crippen LogP contribution in [0.25, 0.3) is 0 Å². The summed E-state index contributed by atoms with van der Waals surface area (Å²) in [5, 5.41) is 0.736. The van der Waals surface area contributed by atoms with Gasteiger partial charge in [-0.3, -0.25) is 0 Å². The fourth-order valence-corrected chi connectivity index (χ4v) is 4.43. The van der Waals surface area contributed by atoms with Crippen molar-refractivity contribution in [2.75, 3.05) is 17.3 Å². The number of thioether (sulfide) groups is 2. The zero-order chi connectivity index (χ0) is 9.10. The van der Waals surface area contributed by atoms with E-state index in [1.807, 2.05) is 0 Å². The molecule has 1 fully saturated rings. The van der Waals surface area contributed by atoms with Crippen LogP contribution in [0.2, 0.25) is 0 Å². The van der Waals surface area contributed by atoms with Crippen LogP contribution in [0.5, 0.6) is 0 Å². The third-order valence-corrected chi connectivity index (χ3v) is 5.15. The number of hydrogen-bond acceptors (Lipinski definition) is 2. The van der Waals surface area contributed by atoms with E-state index in [4.69, 9.17) is 0 Å². The molecule has 2 heteroatoms. The molecule has 0 spiro atoms. The van der Waals surface area contributed by atoms with Crippen LogP contribution in [0.15, 0.2) is 24.3 Å². The minimum atomic E-state index is 0.736. The lowest BCUT2D eigenvalue weighted by Gasteiger charge is -2.22. The summed E-state index contributed by atoms with van der Waals surface area (Å²) in [6.07, 6.45) is 0. The summed E-state index contributed by atoms with van der Waals surface area (Å²) < 4.78 is 0. The molecule has 70 valence electrons. The molecule has 1 atom stereocenters. The van der Waals surface area contributed by atoms with Crippen LogP contribution in [0.3, 0.4) is 0 Å². The molecule has 0 aliphatic carbocycles. The Morgan fingerprint density at radius 1 is 1.23 bits per heavy atom. The van der Waals surface area contributed by atoms with Gasteiger partial charge in [-0.15, -0.1) is 0 Å². The first-order chi connectivity index (χ1) is 6.38. The van der Waals surface area contributed by atoms with Crippen molar-refractivity contribution >= 4 is 23.5 Å². The number of rotatable bonds is 1. The third-order valence-electron chi connectivity index (χ3n) is 2.35. The normalized spacial score (nSPS) is 23.0. The van der Waals surface area contributed by atoms with Crippen molar-refractivity contribution in [3.8, 4) is 0 Å². The predicted molar refractivity (Wildman–Crippen MR) is 63.7 cm³/mol. The number of benzene rings is 1. The maximum Gasteiger partial charge on any atom is 0.0390 e. The third kappa shape index (κ3) is 2.23. The summed E-state index contributed by atoms with van der Waals surface area (Å²) in [6.45, 7) is 2.22. The fraction of sp³-hybridized carbons (Fsp3) is 0.455. The Bertz CT molecular complexity index is 277. The zero-order valence-corrected chi connectivity index (χ0v) is 9.46. The lowest BCUT2D eigenvalue weighted by molar-refractivity contribution is 1.08. The van der Waals surface area contributed by atoms with Crippen molar-refractivity contribution in [3.05, 3.63) is 35.4 Å². The largest absolute Gasteiger partial charge is 0.160 e. The van der Waals surface area contributed by atoms with Crippen molar-refractivity contribution in [1.82, 2.24) is 0 Å². The predicted octanol–water partition coefficient (Wildman–Crippen LogP) is 3.52. The van der Waals surface area contributed by atoms with Gasteiger partial charge in [0.1, 0.15) is 0 Å². The maximum absolute atomic E-state index is 2.28. The molecule has 0 amide bonds. The van der Waals surface area contributed by atoms with Crippen LogP contribution < -0.4 is 0 Å². The van der Waals surface area contributed by atoms with Crippen LogP contribution >= 0.6 is 23.5 Å². The molecule has 13 heavy (non-hydrogen) atoms. The highest BCUT2D eigenvalue weighted by Gasteiger charge is 2.17. The van der Waals surface area contributed by atoms with Gasteiger partial charge in [0.15, 0.2) is 0 Å². The smallest absolute Gasteiger partial charge is 0.0390 e. The van der Waals surface area contributed by atoms with Gasteiger partial charge in [-0.1, -0.05) is 24.3 Å². The van der Waals surface area contributed by atoms with Crippen molar-refractivity contribution < 1.29 is 0 Å². The summed E-state index contributed by atoms with van der Waals surface area (Å²) >= 11 is 4.20. The van der Waals surface area contributed by atoms with Crippen molar-refractivity contribution in [1.29, 1.82) is 0 Å². The highest BCUT2D eigenvalue weighted by molar-refractivity contribution is 8.06. The summed E-state index contributed by atoms with van der Waals surface area (Å²) in [7, 11) is 0. The molecule has 2 rings (SSSR count). The van der Waals surface area contributed by atoms with Crippen LogP contribution in [-0.4, -0.2) is 17.3 Å². The second-order valence-corrected chi connectivity index (χ2v) is 5.75. The summed E-state index contributed by atoms with van der Waals surface area (Å²) in [5.74, 6) is 3.92. The van der Waals surface area contributed by atoms with E-state index in [9.17, 15) is 0 Å². The van der Waals surface area contributed by atoms with E-state index in [0.717, 1.165) is 5.25 Å². The van der Waals surface area contributed by atoms with E-state index in [2.05, 4.69) is 54.7 Å². The molecule has 1 aliphatic rings. The minimum absolute atomic E-state index is 0.736. The van der Waals surface area contributed by atoms with Gasteiger partial charge in [0.05, 0.1) is 0 Å². The molecule has 1 aliphatic heterocycles. The van der Waals surface area contributed by atoms with E-state index < -0.39 is 0 Å². The van der Waals surface area contributed by atoms with Crippen LogP contribution in [0.4, 0.5) is 0 Å². The summed E-state index contributed by atoms with van der Waals surface area (Å²) in [4.78, 5) is 0. The lowest BCUT2D eigenvalue weighted by Crippen LogP contribution is -2.07. The Hall–Kier alpha value is -0.0800. The molecule has 1 heterocycles.